The highest BCUT2D eigenvalue weighted by Crippen LogP contribution is 2.26. The summed E-state index contributed by atoms with van der Waals surface area (Å²) in [7, 11) is 0. The van der Waals surface area contributed by atoms with E-state index in [1.807, 2.05) is 20.8 Å². The zero-order valence-electron chi connectivity index (χ0n) is 11.8. The molecule has 2 rings (SSSR count). The Morgan fingerprint density at radius 1 is 1.40 bits per heavy atom. The molecule has 20 heavy (non-hydrogen) atoms. The fourth-order valence-electron chi connectivity index (χ4n) is 2.52. The van der Waals surface area contributed by atoms with Crippen LogP contribution in [0.1, 0.15) is 24.0 Å². The summed E-state index contributed by atoms with van der Waals surface area (Å²) in [5.41, 5.74) is 0.792. The van der Waals surface area contributed by atoms with Crippen molar-refractivity contribution in [2.24, 2.45) is 11.8 Å². The highest BCUT2D eigenvalue weighted by Gasteiger charge is 2.32. The molecule has 1 aliphatic rings. The van der Waals surface area contributed by atoms with Gasteiger partial charge >= 0.3 is 12.0 Å². The first-order valence-electron chi connectivity index (χ1n) is 6.59. The van der Waals surface area contributed by atoms with Gasteiger partial charge in [0, 0.05) is 13.1 Å². The van der Waals surface area contributed by atoms with E-state index in [0.29, 0.717) is 13.0 Å². The number of nitrogens with one attached hydrogen (secondary N) is 1. The van der Waals surface area contributed by atoms with E-state index in [-0.39, 0.29) is 18.5 Å². The highest BCUT2D eigenvalue weighted by molar-refractivity contribution is 7.16. The summed E-state index contributed by atoms with van der Waals surface area (Å²) in [6.45, 7) is 6.56. The Hall–Kier alpha value is -1.63. The lowest BCUT2D eigenvalue weighted by molar-refractivity contribution is -0.143. The third kappa shape index (κ3) is 3.27. The predicted molar refractivity (Wildman–Crippen MR) is 77.1 cm³/mol. The van der Waals surface area contributed by atoms with Crippen LogP contribution in [0, 0.1) is 25.7 Å². The Labute approximate surface area is 121 Å². The number of likely N-dealkylation sites (tertiary alicyclic amines) is 1. The van der Waals surface area contributed by atoms with Gasteiger partial charge in [-0.05, 0) is 26.2 Å². The van der Waals surface area contributed by atoms with Gasteiger partial charge < -0.3 is 10.0 Å². The summed E-state index contributed by atoms with van der Waals surface area (Å²) in [4.78, 5) is 29.2. The molecule has 6 nitrogen and oxygen atoms in total. The van der Waals surface area contributed by atoms with Gasteiger partial charge in [0.15, 0.2) is 0 Å². The molecular weight excluding hydrogens is 278 g/mol. The molecule has 1 aliphatic heterocycles. The number of hydrogen-bond donors (Lipinski definition) is 2. The van der Waals surface area contributed by atoms with Crippen LogP contribution in [-0.2, 0) is 4.79 Å². The van der Waals surface area contributed by atoms with Gasteiger partial charge in [-0.15, -0.1) is 11.3 Å². The second kappa shape index (κ2) is 5.78. The van der Waals surface area contributed by atoms with Gasteiger partial charge in [0.25, 0.3) is 0 Å². The van der Waals surface area contributed by atoms with Crippen LogP contribution in [0.4, 0.5) is 9.80 Å². The quantitative estimate of drug-likeness (QED) is 0.877. The number of carbonyl (C=O) groups excluding carboxylic acids is 1. The van der Waals surface area contributed by atoms with Gasteiger partial charge in [-0.25, -0.2) is 9.78 Å². The summed E-state index contributed by atoms with van der Waals surface area (Å²) >= 11 is 1.43. The smallest absolute Gasteiger partial charge is 0.322 e. The van der Waals surface area contributed by atoms with E-state index in [9.17, 15) is 9.59 Å². The fourth-order valence-corrected chi connectivity index (χ4v) is 3.33. The minimum atomic E-state index is -0.834. The van der Waals surface area contributed by atoms with E-state index in [1.165, 1.54) is 11.3 Å². The van der Waals surface area contributed by atoms with Crippen molar-refractivity contribution in [3.63, 3.8) is 0 Å². The van der Waals surface area contributed by atoms with E-state index in [4.69, 9.17) is 5.11 Å². The van der Waals surface area contributed by atoms with Crippen molar-refractivity contribution in [1.82, 2.24) is 9.88 Å². The molecule has 7 heteroatoms. The number of aromatic nitrogens is 1. The first-order valence-corrected chi connectivity index (χ1v) is 7.41. The standard InChI is InChI=1S/C13H19N3O3S/c1-7-4-10(12(17)18)6-16(5-7)13(19)15-11-8(2)14-9(3)20-11/h7,10H,4-6H2,1-3H3,(H,15,19)(H,17,18). The number of hydrogen-bond acceptors (Lipinski definition) is 4. The number of carboxylic acid groups (broad SMARTS) is 1. The van der Waals surface area contributed by atoms with Gasteiger partial charge in [-0.2, -0.15) is 0 Å². The van der Waals surface area contributed by atoms with Crippen molar-refractivity contribution >= 4 is 28.3 Å². The molecule has 0 saturated carbocycles. The number of rotatable bonds is 2. The minimum absolute atomic E-state index is 0.194. The number of aliphatic carboxylic acids is 1. The normalized spacial score (nSPS) is 22.6. The maximum Gasteiger partial charge on any atom is 0.322 e. The largest absolute Gasteiger partial charge is 0.481 e. The molecule has 2 amide bonds. The van der Waals surface area contributed by atoms with Gasteiger partial charge in [-0.1, -0.05) is 6.92 Å². The molecule has 0 aliphatic carbocycles. The van der Waals surface area contributed by atoms with E-state index >= 15 is 0 Å². The molecule has 1 aromatic rings. The monoisotopic (exact) mass is 297 g/mol. The zero-order chi connectivity index (χ0) is 14.9. The fraction of sp³-hybridized carbons (Fsp3) is 0.615. The Balaban J connectivity index is 2.04. The van der Waals surface area contributed by atoms with E-state index in [0.717, 1.165) is 15.7 Å². The number of anilines is 1. The number of thiazole rings is 1. The van der Waals surface area contributed by atoms with Gasteiger partial charge in [0.1, 0.15) is 5.00 Å². The molecular formula is C13H19N3O3S. The molecule has 1 saturated heterocycles. The number of carbonyl (C=O) groups is 2. The van der Waals surface area contributed by atoms with E-state index in [1.54, 1.807) is 4.90 Å². The molecule has 2 heterocycles. The van der Waals surface area contributed by atoms with Crippen LogP contribution in [-0.4, -0.2) is 40.1 Å². The van der Waals surface area contributed by atoms with Gasteiger partial charge in [-0.3, -0.25) is 10.1 Å². The third-order valence-electron chi connectivity index (χ3n) is 3.42. The number of amides is 2. The molecule has 1 fully saturated rings. The SMILES string of the molecule is Cc1nc(C)c(NC(=O)N2CC(C)CC(C(=O)O)C2)s1. The molecule has 1 aromatic heterocycles. The van der Waals surface area contributed by atoms with Crippen LogP contribution in [0.5, 0.6) is 0 Å². The average molecular weight is 297 g/mol. The Morgan fingerprint density at radius 2 is 2.10 bits per heavy atom. The minimum Gasteiger partial charge on any atom is -0.481 e. The molecule has 0 spiro atoms. The Bertz CT molecular complexity index is 529. The van der Waals surface area contributed by atoms with Crippen LogP contribution in [0.2, 0.25) is 0 Å². The van der Waals surface area contributed by atoms with E-state index < -0.39 is 11.9 Å². The average Bonchev–Trinajstić information content (AvgIpc) is 2.66. The predicted octanol–water partition coefficient (Wildman–Crippen LogP) is 2.33. The summed E-state index contributed by atoms with van der Waals surface area (Å²) in [6.07, 6.45) is 0.623. The van der Waals surface area contributed by atoms with Crippen molar-refractivity contribution in [2.75, 3.05) is 18.4 Å². The van der Waals surface area contributed by atoms with Crippen LogP contribution in [0.15, 0.2) is 0 Å². The number of carboxylic acids is 1. The summed E-state index contributed by atoms with van der Waals surface area (Å²) < 4.78 is 0. The molecule has 0 aromatic carbocycles. The first kappa shape index (κ1) is 14.8. The molecule has 2 N–H and O–H groups in total. The lowest BCUT2D eigenvalue weighted by Crippen LogP contribution is -2.47. The molecule has 0 bridgehead atoms. The molecule has 0 radical (unpaired) electrons. The maximum atomic E-state index is 12.2. The van der Waals surface area contributed by atoms with Crippen LogP contribution >= 0.6 is 11.3 Å². The lowest BCUT2D eigenvalue weighted by atomic mass is 9.91. The van der Waals surface area contributed by atoms with Crippen molar-refractivity contribution in [3.05, 3.63) is 10.7 Å². The number of nitrogens with zero attached hydrogens (tertiary/aromatic N) is 2. The van der Waals surface area contributed by atoms with Crippen molar-refractivity contribution in [3.8, 4) is 0 Å². The van der Waals surface area contributed by atoms with Crippen LogP contribution in [0.25, 0.3) is 0 Å². The van der Waals surface area contributed by atoms with Crippen LogP contribution < -0.4 is 5.32 Å². The highest BCUT2D eigenvalue weighted by atomic mass is 32.1. The second-order valence-electron chi connectivity index (χ2n) is 5.36. The summed E-state index contributed by atoms with van der Waals surface area (Å²) in [5.74, 6) is -1.12. The van der Waals surface area contributed by atoms with Gasteiger partial charge in [0.2, 0.25) is 0 Å². The third-order valence-corrected chi connectivity index (χ3v) is 4.41. The van der Waals surface area contributed by atoms with E-state index in [2.05, 4.69) is 10.3 Å². The summed E-state index contributed by atoms with van der Waals surface area (Å²) in [5, 5.41) is 13.6. The number of aryl methyl sites for hydroxylation is 2. The molecule has 2 atom stereocenters. The Morgan fingerprint density at radius 3 is 2.65 bits per heavy atom. The topological polar surface area (TPSA) is 82.5 Å². The van der Waals surface area contributed by atoms with Crippen molar-refractivity contribution in [1.29, 1.82) is 0 Å². The number of urea groups is 1. The molecule has 2 unspecified atom stereocenters. The molecule has 110 valence electrons. The maximum absolute atomic E-state index is 12.2. The summed E-state index contributed by atoms with van der Waals surface area (Å²) in [6, 6.07) is -0.241. The second-order valence-corrected chi connectivity index (χ2v) is 6.56. The van der Waals surface area contributed by atoms with Crippen LogP contribution in [0.3, 0.4) is 0 Å². The lowest BCUT2D eigenvalue weighted by Gasteiger charge is -2.34. The zero-order valence-corrected chi connectivity index (χ0v) is 12.7. The van der Waals surface area contributed by atoms with Crippen molar-refractivity contribution in [2.45, 2.75) is 27.2 Å². The number of piperidine rings is 1. The first-order chi connectivity index (χ1) is 9.36. The van der Waals surface area contributed by atoms with Gasteiger partial charge in [0.05, 0.1) is 16.6 Å². The Kier molecular flexibility index (Phi) is 4.27. The van der Waals surface area contributed by atoms with Crippen molar-refractivity contribution < 1.29 is 14.7 Å².